The number of nitrogens with zero attached hydrogens (tertiary/aromatic N) is 3. The van der Waals surface area contributed by atoms with E-state index in [1.807, 2.05) is 36.1 Å². The van der Waals surface area contributed by atoms with Crippen LogP contribution in [0, 0.1) is 5.92 Å². The lowest BCUT2D eigenvalue weighted by Gasteiger charge is -2.31. The van der Waals surface area contributed by atoms with Gasteiger partial charge in [0, 0.05) is 44.0 Å². The molecule has 1 aromatic carbocycles. The van der Waals surface area contributed by atoms with Gasteiger partial charge in [-0.05, 0) is 43.5 Å². The lowest BCUT2D eigenvalue weighted by Crippen LogP contribution is -2.43. The van der Waals surface area contributed by atoms with E-state index in [-0.39, 0.29) is 17.7 Å². The van der Waals surface area contributed by atoms with Gasteiger partial charge < -0.3 is 19.5 Å². The molecule has 1 aliphatic heterocycles. The fraction of sp³-hybridized carbons (Fsp3) is 0.524. The average molecular weight is 400 g/mol. The summed E-state index contributed by atoms with van der Waals surface area (Å²) in [4.78, 5) is 30.7. The van der Waals surface area contributed by atoms with Crippen LogP contribution in [0.15, 0.2) is 28.8 Å². The lowest BCUT2D eigenvalue weighted by molar-refractivity contribution is -0.135. The fourth-order valence-corrected chi connectivity index (χ4v) is 3.37. The molecule has 0 aliphatic carbocycles. The number of rotatable bonds is 8. The molecule has 1 fully saturated rings. The van der Waals surface area contributed by atoms with Crippen molar-refractivity contribution in [2.45, 2.75) is 39.0 Å². The minimum absolute atomic E-state index is 0.00796. The molecule has 0 bridgehead atoms. The Labute approximate surface area is 170 Å². The van der Waals surface area contributed by atoms with Gasteiger partial charge in [-0.2, -0.15) is 4.98 Å². The van der Waals surface area contributed by atoms with Gasteiger partial charge >= 0.3 is 0 Å². The highest BCUT2D eigenvalue weighted by atomic mass is 16.5. The second-order valence-corrected chi connectivity index (χ2v) is 7.19. The predicted molar refractivity (Wildman–Crippen MR) is 107 cm³/mol. The van der Waals surface area contributed by atoms with E-state index in [2.05, 4.69) is 15.5 Å². The van der Waals surface area contributed by atoms with Gasteiger partial charge in [0.05, 0.1) is 7.11 Å². The summed E-state index contributed by atoms with van der Waals surface area (Å²) in [5, 5.41) is 6.93. The Morgan fingerprint density at radius 2 is 1.97 bits per heavy atom. The maximum atomic E-state index is 12.5. The topological polar surface area (TPSA) is 97.6 Å². The zero-order chi connectivity index (χ0) is 20.6. The maximum absolute atomic E-state index is 12.5. The second-order valence-electron chi connectivity index (χ2n) is 7.19. The molecule has 2 aromatic rings. The number of aromatic nitrogens is 2. The van der Waals surface area contributed by atoms with Crippen LogP contribution in [0.5, 0.6) is 5.75 Å². The van der Waals surface area contributed by atoms with Crippen LogP contribution in [0.25, 0.3) is 11.4 Å². The summed E-state index contributed by atoms with van der Waals surface area (Å²) in [6, 6.07) is 7.39. The number of hydrogen-bond acceptors (Lipinski definition) is 6. The Morgan fingerprint density at radius 3 is 2.62 bits per heavy atom. The van der Waals surface area contributed by atoms with Gasteiger partial charge in [0.25, 0.3) is 0 Å². The molecule has 156 valence electrons. The first-order valence-corrected chi connectivity index (χ1v) is 10.1. The summed E-state index contributed by atoms with van der Waals surface area (Å²) in [5.74, 6) is 1.87. The van der Waals surface area contributed by atoms with E-state index in [0.29, 0.717) is 57.0 Å². The Bertz CT molecular complexity index is 810. The van der Waals surface area contributed by atoms with Crippen LogP contribution < -0.4 is 10.1 Å². The van der Waals surface area contributed by atoms with E-state index in [9.17, 15) is 9.59 Å². The predicted octanol–water partition coefficient (Wildman–Crippen LogP) is 2.44. The quantitative estimate of drug-likeness (QED) is 0.731. The number of piperidine rings is 1. The van der Waals surface area contributed by atoms with Gasteiger partial charge in [0.2, 0.25) is 23.5 Å². The number of amides is 2. The molecule has 2 heterocycles. The SMILES string of the molecule is CCCNC(=O)C1CCN(C(=O)CCc2nc(-c3ccc(OC)cc3)no2)CC1. The van der Waals surface area contributed by atoms with Crippen molar-refractivity contribution in [1.29, 1.82) is 0 Å². The Kier molecular flexibility index (Phi) is 7.21. The van der Waals surface area contributed by atoms with Crippen molar-refractivity contribution in [2.75, 3.05) is 26.7 Å². The van der Waals surface area contributed by atoms with Gasteiger partial charge in [-0.3, -0.25) is 9.59 Å². The number of likely N-dealkylation sites (tertiary alicyclic amines) is 1. The molecule has 8 heteroatoms. The zero-order valence-corrected chi connectivity index (χ0v) is 17.0. The first kappa shape index (κ1) is 20.8. The number of ether oxygens (including phenoxy) is 1. The number of benzene rings is 1. The monoisotopic (exact) mass is 400 g/mol. The molecule has 8 nitrogen and oxygen atoms in total. The highest BCUT2D eigenvalue weighted by molar-refractivity contribution is 5.80. The van der Waals surface area contributed by atoms with E-state index >= 15 is 0 Å². The third kappa shape index (κ3) is 5.56. The van der Waals surface area contributed by atoms with Crippen LogP contribution in [0.3, 0.4) is 0 Å². The Morgan fingerprint density at radius 1 is 1.24 bits per heavy atom. The molecular formula is C21H28N4O4. The highest BCUT2D eigenvalue weighted by Crippen LogP contribution is 2.21. The van der Waals surface area contributed by atoms with Crippen LogP contribution in [0.2, 0.25) is 0 Å². The third-order valence-corrected chi connectivity index (χ3v) is 5.14. The van der Waals surface area contributed by atoms with Gasteiger partial charge in [-0.25, -0.2) is 0 Å². The molecule has 0 radical (unpaired) electrons. The van der Waals surface area contributed by atoms with Crippen molar-refractivity contribution in [3.05, 3.63) is 30.2 Å². The van der Waals surface area contributed by atoms with E-state index in [1.165, 1.54) is 0 Å². The normalized spacial score (nSPS) is 14.6. The highest BCUT2D eigenvalue weighted by Gasteiger charge is 2.27. The maximum Gasteiger partial charge on any atom is 0.227 e. The molecule has 1 N–H and O–H groups in total. The van der Waals surface area contributed by atoms with Gasteiger partial charge in [-0.1, -0.05) is 12.1 Å². The van der Waals surface area contributed by atoms with E-state index < -0.39 is 0 Å². The summed E-state index contributed by atoms with van der Waals surface area (Å²) >= 11 is 0. The summed E-state index contributed by atoms with van der Waals surface area (Å²) in [7, 11) is 1.61. The lowest BCUT2D eigenvalue weighted by atomic mass is 9.95. The number of aryl methyl sites for hydroxylation is 1. The third-order valence-electron chi connectivity index (χ3n) is 5.14. The first-order valence-electron chi connectivity index (χ1n) is 10.1. The number of carbonyl (C=O) groups excluding carboxylic acids is 2. The molecule has 2 amide bonds. The summed E-state index contributed by atoms with van der Waals surface area (Å²) in [6.45, 7) is 3.97. The second kappa shape index (κ2) is 10.0. The van der Waals surface area contributed by atoms with Crippen molar-refractivity contribution >= 4 is 11.8 Å². The van der Waals surface area contributed by atoms with E-state index in [4.69, 9.17) is 9.26 Å². The summed E-state index contributed by atoms with van der Waals surface area (Å²) < 4.78 is 10.4. The summed E-state index contributed by atoms with van der Waals surface area (Å²) in [5.41, 5.74) is 0.829. The van der Waals surface area contributed by atoms with Crippen LogP contribution in [-0.4, -0.2) is 53.6 Å². The fourth-order valence-electron chi connectivity index (χ4n) is 3.37. The number of nitrogens with one attached hydrogen (secondary N) is 1. The van der Waals surface area contributed by atoms with E-state index in [1.54, 1.807) is 7.11 Å². The standard InChI is InChI=1S/C21H28N4O4/c1-3-12-22-21(27)16-10-13-25(14-11-16)19(26)9-8-18-23-20(24-29-18)15-4-6-17(28-2)7-5-15/h4-7,16H,3,8-14H2,1-2H3,(H,22,27). The van der Waals surface area contributed by atoms with Crippen molar-refractivity contribution in [2.24, 2.45) is 5.92 Å². The minimum Gasteiger partial charge on any atom is -0.497 e. The summed E-state index contributed by atoms with van der Waals surface area (Å²) in [6.07, 6.45) is 3.07. The van der Waals surface area contributed by atoms with Gasteiger partial charge in [0.15, 0.2) is 0 Å². The van der Waals surface area contributed by atoms with Gasteiger partial charge in [-0.15, -0.1) is 0 Å². The molecule has 29 heavy (non-hydrogen) atoms. The van der Waals surface area contributed by atoms with Crippen molar-refractivity contribution in [3.63, 3.8) is 0 Å². The Hall–Kier alpha value is -2.90. The average Bonchev–Trinajstić information content (AvgIpc) is 3.25. The first-order chi connectivity index (χ1) is 14.1. The van der Waals surface area contributed by atoms with Crippen molar-refractivity contribution < 1.29 is 18.8 Å². The molecule has 1 saturated heterocycles. The minimum atomic E-state index is 0.00796. The number of hydrogen-bond donors (Lipinski definition) is 1. The molecule has 1 aliphatic rings. The number of methoxy groups -OCH3 is 1. The molecule has 0 unspecified atom stereocenters. The molecule has 0 spiro atoms. The van der Waals surface area contributed by atoms with E-state index in [0.717, 1.165) is 17.7 Å². The van der Waals surface area contributed by atoms with Crippen molar-refractivity contribution in [3.8, 4) is 17.1 Å². The smallest absolute Gasteiger partial charge is 0.227 e. The largest absolute Gasteiger partial charge is 0.497 e. The molecular weight excluding hydrogens is 372 g/mol. The van der Waals surface area contributed by atoms with Crippen LogP contribution in [0.1, 0.15) is 38.5 Å². The van der Waals surface area contributed by atoms with Crippen LogP contribution in [-0.2, 0) is 16.0 Å². The molecule has 0 atom stereocenters. The zero-order valence-electron chi connectivity index (χ0n) is 17.0. The number of carbonyl (C=O) groups is 2. The molecule has 1 aromatic heterocycles. The molecule has 3 rings (SSSR count). The van der Waals surface area contributed by atoms with Gasteiger partial charge in [0.1, 0.15) is 5.75 Å². The molecule has 0 saturated carbocycles. The Balaban J connectivity index is 1.45. The van der Waals surface area contributed by atoms with Crippen LogP contribution in [0.4, 0.5) is 0 Å². The van der Waals surface area contributed by atoms with Crippen molar-refractivity contribution in [1.82, 2.24) is 20.4 Å². The van der Waals surface area contributed by atoms with Crippen LogP contribution >= 0.6 is 0 Å².